The summed E-state index contributed by atoms with van der Waals surface area (Å²) in [5.41, 5.74) is 0.961. The highest BCUT2D eigenvalue weighted by molar-refractivity contribution is 8.00. The van der Waals surface area contributed by atoms with Crippen molar-refractivity contribution in [2.45, 2.75) is 23.8 Å². The van der Waals surface area contributed by atoms with Crippen LogP contribution in [0.4, 0.5) is 4.39 Å². The lowest BCUT2D eigenvalue weighted by molar-refractivity contribution is -0.130. The Hall–Kier alpha value is -2.12. The van der Waals surface area contributed by atoms with E-state index in [9.17, 15) is 9.18 Å². The lowest BCUT2D eigenvalue weighted by Gasteiger charge is -2.31. The Morgan fingerprint density at radius 3 is 2.67 bits per heavy atom. The monoisotopic (exact) mass is 402 g/mol. The van der Waals surface area contributed by atoms with Crippen LogP contribution in [0.2, 0.25) is 0 Å². The molecule has 0 unspecified atom stereocenters. The number of likely N-dealkylation sites (tertiary alicyclic amines) is 1. The Morgan fingerprint density at radius 1 is 1.19 bits per heavy atom. The molecule has 0 saturated carbocycles. The Morgan fingerprint density at radius 2 is 1.93 bits per heavy atom. The van der Waals surface area contributed by atoms with Gasteiger partial charge in [0, 0.05) is 30.8 Å². The number of hydrogen-bond acceptors (Lipinski definition) is 5. The maximum atomic E-state index is 12.9. The van der Waals surface area contributed by atoms with Gasteiger partial charge in [-0.25, -0.2) is 9.37 Å². The topological polar surface area (TPSA) is 42.4 Å². The van der Waals surface area contributed by atoms with E-state index in [0.717, 1.165) is 28.0 Å². The van der Waals surface area contributed by atoms with Crippen LogP contribution in [0.15, 0.2) is 53.4 Å². The second-order valence-corrected chi connectivity index (χ2v) is 8.43. The summed E-state index contributed by atoms with van der Waals surface area (Å²) in [6, 6.07) is 14.2. The van der Waals surface area contributed by atoms with Crippen molar-refractivity contribution in [3.63, 3.8) is 0 Å². The molecule has 1 amide bonds. The third-order valence-electron chi connectivity index (χ3n) is 4.51. The number of para-hydroxylation sites is 1. The fourth-order valence-electron chi connectivity index (χ4n) is 3.03. The minimum absolute atomic E-state index is 0.0966. The molecular weight excluding hydrogens is 383 g/mol. The number of nitrogens with zero attached hydrogens (tertiary/aromatic N) is 2. The maximum Gasteiger partial charge on any atom is 0.274 e. The largest absolute Gasteiger partial charge is 0.467 e. The zero-order chi connectivity index (χ0) is 18.6. The van der Waals surface area contributed by atoms with E-state index in [0.29, 0.717) is 24.0 Å². The summed E-state index contributed by atoms with van der Waals surface area (Å²) >= 11 is 3.00. The summed E-state index contributed by atoms with van der Waals surface area (Å²) in [5, 5.41) is 0.702. The van der Waals surface area contributed by atoms with Gasteiger partial charge in [-0.2, -0.15) is 0 Å². The number of amides is 1. The number of halogens is 1. The van der Waals surface area contributed by atoms with Gasteiger partial charge in [0.15, 0.2) is 0 Å². The fourth-order valence-corrected chi connectivity index (χ4v) is 4.72. The molecule has 2 aromatic carbocycles. The number of thioether (sulfide) groups is 1. The van der Waals surface area contributed by atoms with E-state index in [1.54, 1.807) is 23.5 Å². The Kier molecular flexibility index (Phi) is 5.59. The number of carbonyl (C=O) groups excluding carboxylic acids is 1. The van der Waals surface area contributed by atoms with Gasteiger partial charge in [-0.15, -0.1) is 11.8 Å². The Labute approximate surface area is 165 Å². The van der Waals surface area contributed by atoms with Crippen LogP contribution in [0, 0.1) is 5.82 Å². The maximum absolute atomic E-state index is 12.9. The number of ether oxygens (including phenoxy) is 1. The van der Waals surface area contributed by atoms with Crippen LogP contribution in [-0.4, -0.2) is 40.7 Å². The van der Waals surface area contributed by atoms with Crippen LogP contribution in [-0.2, 0) is 4.79 Å². The number of benzene rings is 2. The molecule has 4 rings (SSSR count). The van der Waals surface area contributed by atoms with E-state index < -0.39 is 0 Å². The number of hydrogen-bond donors (Lipinski definition) is 0. The first-order chi connectivity index (χ1) is 13.2. The van der Waals surface area contributed by atoms with Crippen LogP contribution in [0.25, 0.3) is 10.2 Å². The van der Waals surface area contributed by atoms with Crippen molar-refractivity contribution in [1.82, 2.24) is 9.88 Å². The Balaban J connectivity index is 1.25. The molecular formula is C20H19FN2O2S2. The molecule has 1 aliphatic rings. The minimum Gasteiger partial charge on any atom is -0.467 e. The van der Waals surface area contributed by atoms with Gasteiger partial charge in [0.1, 0.15) is 11.9 Å². The highest BCUT2D eigenvalue weighted by Crippen LogP contribution is 2.29. The second-order valence-electron chi connectivity index (χ2n) is 6.39. The zero-order valence-electron chi connectivity index (χ0n) is 14.6. The van der Waals surface area contributed by atoms with E-state index >= 15 is 0 Å². The van der Waals surface area contributed by atoms with Gasteiger partial charge in [0.05, 0.1) is 16.0 Å². The van der Waals surface area contributed by atoms with Gasteiger partial charge < -0.3 is 9.64 Å². The number of aromatic nitrogens is 1. The molecule has 0 bridgehead atoms. The molecule has 0 spiro atoms. The van der Waals surface area contributed by atoms with E-state index in [-0.39, 0.29) is 17.8 Å². The molecule has 4 nitrogen and oxygen atoms in total. The smallest absolute Gasteiger partial charge is 0.274 e. The number of piperidine rings is 1. The number of fused-ring (bicyclic) bond motifs is 1. The molecule has 1 fully saturated rings. The summed E-state index contributed by atoms with van der Waals surface area (Å²) in [5.74, 6) is 0.221. The quantitative estimate of drug-likeness (QED) is 0.585. The highest BCUT2D eigenvalue weighted by atomic mass is 32.2. The molecule has 27 heavy (non-hydrogen) atoms. The number of rotatable bonds is 5. The van der Waals surface area contributed by atoms with E-state index in [2.05, 4.69) is 4.98 Å². The molecule has 140 valence electrons. The summed E-state index contributed by atoms with van der Waals surface area (Å²) in [4.78, 5) is 19.7. The molecule has 3 aromatic rings. The van der Waals surface area contributed by atoms with Gasteiger partial charge in [-0.1, -0.05) is 23.5 Å². The van der Waals surface area contributed by atoms with Crippen molar-refractivity contribution in [3.8, 4) is 5.19 Å². The van der Waals surface area contributed by atoms with Crippen molar-refractivity contribution >= 4 is 39.2 Å². The van der Waals surface area contributed by atoms with Gasteiger partial charge >= 0.3 is 0 Å². The third kappa shape index (κ3) is 4.59. The summed E-state index contributed by atoms with van der Waals surface area (Å²) in [6.07, 6.45) is 1.71. The molecule has 0 aliphatic carbocycles. The predicted octanol–water partition coefficient (Wildman–Crippen LogP) is 4.60. The first-order valence-corrected chi connectivity index (χ1v) is 10.7. The molecule has 2 heterocycles. The van der Waals surface area contributed by atoms with Crippen LogP contribution in [0.1, 0.15) is 12.8 Å². The lowest BCUT2D eigenvalue weighted by Crippen LogP contribution is -2.42. The van der Waals surface area contributed by atoms with E-state index in [1.165, 1.54) is 23.9 Å². The highest BCUT2D eigenvalue weighted by Gasteiger charge is 2.24. The standard InChI is InChI=1S/C20H19FN2O2S2/c21-14-5-7-16(8-6-14)26-13-19(24)23-11-9-15(10-12-23)25-20-22-17-3-1-2-4-18(17)27-20/h1-8,15H,9-13H2. The fraction of sp³-hybridized carbons (Fsp3) is 0.300. The Bertz CT molecular complexity index is 888. The normalized spacial score (nSPS) is 15.2. The van der Waals surface area contributed by atoms with Crippen molar-refractivity contribution in [1.29, 1.82) is 0 Å². The predicted molar refractivity (Wildman–Crippen MR) is 107 cm³/mol. The average Bonchev–Trinajstić information content (AvgIpc) is 3.10. The van der Waals surface area contributed by atoms with Crippen molar-refractivity contribution in [2.75, 3.05) is 18.8 Å². The van der Waals surface area contributed by atoms with Gasteiger partial charge in [0.2, 0.25) is 5.91 Å². The zero-order valence-corrected chi connectivity index (χ0v) is 16.3. The molecule has 0 atom stereocenters. The van der Waals surface area contributed by atoms with Gasteiger partial charge in [-0.05, 0) is 36.4 Å². The van der Waals surface area contributed by atoms with Crippen LogP contribution in [0.5, 0.6) is 5.19 Å². The molecule has 1 saturated heterocycles. The molecule has 1 aromatic heterocycles. The minimum atomic E-state index is -0.263. The van der Waals surface area contributed by atoms with E-state index in [4.69, 9.17) is 4.74 Å². The van der Waals surface area contributed by atoms with Crippen molar-refractivity contribution in [2.24, 2.45) is 0 Å². The van der Waals surface area contributed by atoms with Gasteiger partial charge in [0.25, 0.3) is 5.19 Å². The second kappa shape index (κ2) is 8.27. The molecule has 0 radical (unpaired) electrons. The molecule has 1 aliphatic heterocycles. The summed E-state index contributed by atoms with van der Waals surface area (Å²) in [6.45, 7) is 1.39. The number of thiazole rings is 1. The first kappa shape index (κ1) is 18.3. The van der Waals surface area contributed by atoms with Crippen LogP contribution < -0.4 is 4.74 Å². The van der Waals surface area contributed by atoms with Crippen molar-refractivity contribution < 1.29 is 13.9 Å². The SMILES string of the molecule is O=C(CSc1ccc(F)cc1)N1CCC(Oc2nc3ccccc3s2)CC1. The van der Waals surface area contributed by atoms with E-state index in [1.807, 2.05) is 29.2 Å². The first-order valence-electron chi connectivity index (χ1n) is 8.86. The van der Waals surface area contributed by atoms with Crippen LogP contribution in [0.3, 0.4) is 0 Å². The summed E-state index contributed by atoms with van der Waals surface area (Å²) < 4.78 is 20.1. The summed E-state index contributed by atoms with van der Waals surface area (Å²) in [7, 11) is 0. The van der Waals surface area contributed by atoms with Crippen molar-refractivity contribution in [3.05, 3.63) is 54.3 Å². The van der Waals surface area contributed by atoms with Crippen LogP contribution >= 0.6 is 23.1 Å². The molecule has 7 heteroatoms. The third-order valence-corrected chi connectivity index (χ3v) is 6.44. The molecule has 0 N–H and O–H groups in total. The average molecular weight is 403 g/mol. The van der Waals surface area contributed by atoms with Gasteiger partial charge in [-0.3, -0.25) is 4.79 Å². The number of carbonyl (C=O) groups is 1. The lowest BCUT2D eigenvalue weighted by atomic mass is 10.1.